The molecule has 0 spiro atoms. The minimum Gasteiger partial charge on any atom is -0.303 e. The molecule has 0 radical (unpaired) electrons. The molecule has 2 rings (SSSR count). The number of hydrogen-bond acceptors (Lipinski definition) is 5. The summed E-state index contributed by atoms with van der Waals surface area (Å²) in [5.74, 6) is 0. The first-order chi connectivity index (χ1) is 9.02. The lowest BCUT2D eigenvalue weighted by Crippen LogP contribution is -2.23. The van der Waals surface area contributed by atoms with E-state index in [0.29, 0.717) is 0 Å². The Morgan fingerprint density at radius 2 is 2.11 bits per heavy atom. The second-order valence-electron chi connectivity index (χ2n) is 5.62. The van der Waals surface area contributed by atoms with Crippen molar-refractivity contribution >= 4 is 22.7 Å². The highest BCUT2D eigenvalue weighted by molar-refractivity contribution is 7.10. The van der Waals surface area contributed by atoms with Gasteiger partial charge in [-0.15, -0.1) is 22.7 Å². The number of nitrogens with one attached hydrogen (secondary N) is 1. The smallest absolute Gasteiger partial charge is 0.116 e. The monoisotopic (exact) mass is 295 g/mol. The molecule has 1 atom stereocenters. The third kappa shape index (κ3) is 3.61. The van der Waals surface area contributed by atoms with Crippen molar-refractivity contribution in [2.45, 2.75) is 45.6 Å². The molecule has 104 valence electrons. The summed E-state index contributed by atoms with van der Waals surface area (Å²) in [5.41, 5.74) is 4.22. The molecule has 0 aromatic carbocycles. The van der Waals surface area contributed by atoms with Crippen LogP contribution < -0.4 is 5.32 Å². The highest BCUT2D eigenvalue weighted by Crippen LogP contribution is 2.29. The van der Waals surface area contributed by atoms with Gasteiger partial charge in [-0.1, -0.05) is 27.7 Å². The van der Waals surface area contributed by atoms with E-state index in [1.165, 1.54) is 0 Å². The standard InChI is InChI=1S/C14H21N3S2/c1-5-6-15-12(10-7-18-9-16-10)13-17-11(8-19-13)14(2,3)4/h7-9,12,15H,5-6H2,1-4H3. The van der Waals surface area contributed by atoms with E-state index in [1.807, 2.05) is 5.51 Å². The molecule has 19 heavy (non-hydrogen) atoms. The zero-order chi connectivity index (χ0) is 13.9. The Morgan fingerprint density at radius 1 is 1.32 bits per heavy atom. The van der Waals surface area contributed by atoms with Crippen LogP contribution in [0.1, 0.15) is 56.6 Å². The first-order valence-electron chi connectivity index (χ1n) is 6.59. The Hall–Kier alpha value is -0.780. The fourth-order valence-corrected chi connectivity index (χ4v) is 3.45. The molecule has 3 nitrogen and oxygen atoms in total. The second-order valence-corrected chi connectivity index (χ2v) is 7.23. The summed E-state index contributed by atoms with van der Waals surface area (Å²) in [6.07, 6.45) is 1.11. The normalized spacial score (nSPS) is 13.7. The largest absolute Gasteiger partial charge is 0.303 e. The van der Waals surface area contributed by atoms with E-state index >= 15 is 0 Å². The maximum absolute atomic E-state index is 4.81. The van der Waals surface area contributed by atoms with Crippen molar-refractivity contribution in [3.63, 3.8) is 0 Å². The van der Waals surface area contributed by atoms with Crippen LogP contribution in [-0.4, -0.2) is 16.5 Å². The van der Waals surface area contributed by atoms with Crippen LogP contribution in [0.4, 0.5) is 0 Å². The van der Waals surface area contributed by atoms with Gasteiger partial charge in [-0.05, 0) is 13.0 Å². The van der Waals surface area contributed by atoms with Crippen molar-refractivity contribution in [2.75, 3.05) is 6.54 Å². The van der Waals surface area contributed by atoms with Gasteiger partial charge in [-0.25, -0.2) is 9.97 Å². The van der Waals surface area contributed by atoms with E-state index in [0.717, 1.165) is 29.4 Å². The molecule has 5 heteroatoms. The minimum atomic E-state index is 0.103. The summed E-state index contributed by atoms with van der Waals surface area (Å²) in [6, 6.07) is 0.132. The van der Waals surface area contributed by atoms with E-state index in [-0.39, 0.29) is 11.5 Å². The average Bonchev–Trinajstić information content (AvgIpc) is 2.99. The molecule has 0 fully saturated rings. The lowest BCUT2D eigenvalue weighted by molar-refractivity contribution is 0.554. The first kappa shape index (κ1) is 14.6. The van der Waals surface area contributed by atoms with Gasteiger partial charge in [0, 0.05) is 16.2 Å². The third-order valence-electron chi connectivity index (χ3n) is 2.88. The maximum Gasteiger partial charge on any atom is 0.116 e. The van der Waals surface area contributed by atoms with Gasteiger partial charge in [0.25, 0.3) is 0 Å². The number of nitrogens with zero attached hydrogens (tertiary/aromatic N) is 2. The van der Waals surface area contributed by atoms with Crippen LogP contribution in [0.5, 0.6) is 0 Å². The minimum absolute atomic E-state index is 0.103. The molecular formula is C14H21N3S2. The van der Waals surface area contributed by atoms with E-state index in [1.54, 1.807) is 22.7 Å². The number of hydrogen-bond donors (Lipinski definition) is 1. The number of aromatic nitrogens is 2. The van der Waals surface area contributed by atoms with Crippen molar-refractivity contribution < 1.29 is 0 Å². The summed E-state index contributed by atoms with van der Waals surface area (Å²) in [5, 5.41) is 8.93. The Bertz CT molecular complexity index is 497. The molecule has 0 aliphatic heterocycles. The van der Waals surface area contributed by atoms with Gasteiger partial charge in [-0.2, -0.15) is 0 Å². The summed E-state index contributed by atoms with van der Waals surface area (Å²) in [7, 11) is 0. The van der Waals surface area contributed by atoms with Gasteiger partial charge in [-0.3, -0.25) is 0 Å². The molecule has 0 bridgehead atoms. The van der Waals surface area contributed by atoms with Gasteiger partial charge in [0.15, 0.2) is 0 Å². The number of thiazole rings is 2. The Morgan fingerprint density at radius 3 is 2.63 bits per heavy atom. The van der Waals surface area contributed by atoms with Gasteiger partial charge in [0.05, 0.1) is 16.9 Å². The molecule has 0 aliphatic rings. The lowest BCUT2D eigenvalue weighted by Gasteiger charge is -2.16. The van der Waals surface area contributed by atoms with Gasteiger partial charge < -0.3 is 5.32 Å². The summed E-state index contributed by atoms with van der Waals surface area (Å²) in [6.45, 7) is 9.75. The average molecular weight is 295 g/mol. The SMILES string of the molecule is CCCNC(c1cscn1)c1nc(C(C)(C)C)cs1. The van der Waals surface area contributed by atoms with Crippen LogP contribution in [0.25, 0.3) is 0 Å². The molecular weight excluding hydrogens is 274 g/mol. The van der Waals surface area contributed by atoms with Gasteiger partial charge in [0.2, 0.25) is 0 Å². The van der Waals surface area contributed by atoms with Crippen molar-refractivity contribution in [3.8, 4) is 0 Å². The summed E-state index contributed by atoms with van der Waals surface area (Å²) >= 11 is 3.36. The van der Waals surface area contributed by atoms with Crippen LogP contribution in [0.2, 0.25) is 0 Å². The van der Waals surface area contributed by atoms with Gasteiger partial charge in [0.1, 0.15) is 11.0 Å². The quantitative estimate of drug-likeness (QED) is 0.906. The Balaban J connectivity index is 2.26. The van der Waals surface area contributed by atoms with E-state index in [9.17, 15) is 0 Å². The van der Waals surface area contributed by atoms with E-state index in [4.69, 9.17) is 4.98 Å². The topological polar surface area (TPSA) is 37.8 Å². The summed E-state index contributed by atoms with van der Waals surface area (Å²) in [4.78, 5) is 9.25. The third-order valence-corrected chi connectivity index (χ3v) is 4.40. The van der Waals surface area contributed by atoms with Crippen LogP contribution >= 0.6 is 22.7 Å². The Labute approximate surface area is 123 Å². The summed E-state index contributed by atoms with van der Waals surface area (Å²) < 4.78 is 0. The number of rotatable bonds is 5. The fourth-order valence-electron chi connectivity index (χ4n) is 1.74. The predicted molar refractivity (Wildman–Crippen MR) is 83.1 cm³/mol. The second kappa shape index (κ2) is 6.11. The van der Waals surface area contributed by atoms with Crippen LogP contribution in [0, 0.1) is 0 Å². The highest BCUT2D eigenvalue weighted by atomic mass is 32.1. The zero-order valence-corrected chi connectivity index (χ0v) is 13.6. The molecule has 1 unspecified atom stereocenters. The van der Waals surface area contributed by atoms with Crippen molar-refractivity contribution in [3.05, 3.63) is 32.7 Å². The predicted octanol–water partition coefficient (Wildman–Crippen LogP) is 3.99. The highest BCUT2D eigenvalue weighted by Gasteiger charge is 2.23. The van der Waals surface area contributed by atoms with Crippen molar-refractivity contribution in [1.29, 1.82) is 0 Å². The molecule has 0 aliphatic carbocycles. The maximum atomic E-state index is 4.81. The molecule has 1 N–H and O–H groups in total. The van der Waals surface area contributed by atoms with Crippen LogP contribution in [0.3, 0.4) is 0 Å². The van der Waals surface area contributed by atoms with Gasteiger partial charge >= 0.3 is 0 Å². The molecule has 2 aromatic heterocycles. The molecule has 0 saturated carbocycles. The molecule has 2 heterocycles. The zero-order valence-electron chi connectivity index (χ0n) is 11.9. The lowest BCUT2D eigenvalue weighted by atomic mass is 9.93. The Kier molecular flexibility index (Phi) is 4.71. The van der Waals surface area contributed by atoms with Crippen LogP contribution in [-0.2, 0) is 5.41 Å². The fraction of sp³-hybridized carbons (Fsp3) is 0.571. The molecule has 0 saturated heterocycles. The van der Waals surface area contributed by atoms with E-state index < -0.39 is 0 Å². The molecule has 2 aromatic rings. The van der Waals surface area contributed by atoms with E-state index in [2.05, 4.69) is 48.8 Å². The first-order valence-corrected chi connectivity index (χ1v) is 8.42. The molecule has 0 amide bonds. The van der Waals surface area contributed by atoms with Crippen molar-refractivity contribution in [1.82, 2.24) is 15.3 Å². The van der Waals surface area contributed by atoms with Crippen molar-refractivity contribution in [2.24, 2.45) is 0 Å². The van der Waals surface area contributed by atoms with Crippen LogP contribution in [0.15, 0.2) is 16.3 Å².